The fourth-order valence-electron chi connectivity index (χ4n) is 1.25. The number of fused-ring (bicyclic) bond motifs is 1. The third-order valence-corrected chi connectivity index (χ3v) is 2.93. The van der Waals surface area contributed by atoms with E-state index >= 15 is 0 Å². The fraction of sp³-hybridized carbons (Fsp3) is 0.200. The number of carbonyl (C=O) groups is 1. The molecule has 0 unspecified atom stereocenters. The molecule has 0 bridgehead atoms. The number of H-pyrrole nitrogens is 1. The van der Waals surface area contributed by atoms with E-state index in [0.717, 1.165) is 5.39 Å². The van der Waals surface area contributed by atoms with Crippen molar-refractivity contribution in [3.63, 3.8) is 0 Å². The highest BCUT2D eigenvalue weighted by Crippen LogP contribution is 2.22. The standard InChI is InChI=1S/C10H9NO3S/c1-2-14-10(13)7-5-6-3-4-8(12)11-9(6)15-7/h3-5H,2H2,1H3,(H,11,12). The molecule has 2 rings (SSSR count). The van der Waals surface area contributed by atoms with Crippen LogP contribution in [0.3, 0.4) is 0 Å². The zero-order chi connectivity index (χ0) is 10.8. The number of hydrogen-bond donors (Lipinski definition) is 1. The Morgan fingerprint density at radius 2 is 2.33 bits per heavy atom. The van der Waals surface area contributed by atoms with E-state index in [-0.39, 0.29) is 11.5 Å². The average molecular weight is 223 g/mol. The predicted molar refractivity (Wildman–Crippen MR) is 58.4 cm³/mol. The van der Waals surface area contributed by atoms with Gasteiger partial charge in [0.1, 0.15) is 9.71 Å². The molecule has 78 valence electrons. The van der Waals surface area contributed by atoms with Crippen molar-refractivity contribution in [2.45, 2.75) is 6.92 Å². The SMILES string of the molecule is CCOC(=O)c1cc2ccc(=O)[nH]c2s1. The molecule has 0 aliphatic carbocycles. The van der Waals surface area contributed by atoms with Gasteiger partial charge in [-0.1, -0.05) is 0 Å². The van der Waals surface area contributed by atoms with Crippen LogP contribution in [-0.2, 0) is 4.74 Å². The lowest BCUT2D eigenvalue weighted by Gasteiger charge is -1.95. The molecule has 0 atom stereocenters. The monoisotopic (exact) mass is 223 g/mol. The van der Waals surface area contributed by atoms with Crippen molar-refractivity contribution < 1.29 is 9.53 Å². The zero-order valence-electron chi connectivity index (χ0n) is 8.07. The molecular weight excluding hydrogens is 214 g/mol. The smallest absolute Gasteiger partial charge is 0.348 e. The maximum atomic E-state index is 11.4. The van der Waals surface area contributed by atoms with Crippen molar-refractivity contribution in [2.75, 3.05) is 6.61 Å². The van der Waals surface area contributed by atoms with Crippen LogP contribution < -0.4 is 5.56 Å². The molecule has 0 saturated heterocycles. The van der Waals surface area contributed by atoms with Gasteiger partial charge in [0.25, 0.3) is 0 Å². The molecule has 0 saturated carbocycles. The van der Waals surface area contributed by atoms with Gasteiger partial charge in [-0.15, -0.1) is 11.3 Å². The largest absolute Gasteiger partial charge is 0.462 e. The first-order chi connectivity index (χ1) is 7.20. The van der Waals surface area contributed by atoms with Crippen LogP contribution in [0, 0.1) is 0 Å². The van der Waals surface area contributed by atoms with E-state index in [9.17, 15) is 9.59 Å². The molecule has 2 heterocycles. The predicted octanol–water partition coefficient (Wildman–Crippen LogP) is 1.77. The van der Waals surface area contributed by atoms with Crippen LogP contribution in [0.15, 0.2) is 23.0 Å². The second-order valence-electron chi connectivity index (χ2n) is 2.94. The summed E-state index contributed by atoms with van der Waals surface area (Å²) in [5.41, 5.74) is -0.167. The van der Waals surface area contributed by atoms with Gasteiger partial charge in [-0.2, -0.15) is 0 Å². The summed E-state index contributed by atoms with van der Waals surface area (Å²) in [7, 11) is 0. The Bertz CT molecular complexity index is 555. The Labute approximate surface area is 89.5 Å². The van der Waals surface area contributed by atoms with E-state index in [0.29, 0.717) is 16.3 Å². The van der Waals surface area contributed by atoms with Gasteiger partial charge in [0.2, 0.25) is 5.56 Å². The van der Waals surface area contributed by atoms with Crippen LogP contribution >= 0.6 is 11.3 Å². The number of carbonyl (C=O) groups excluding carboxylic acids is 1. The van der Waals surface area contributed by atoms with Crippen molar-refractivity contribution in [2.24, 2.45) is 0 Å². The average Bonchev–Trinajstić information content (AvgIpc) is 2.60. The van der Waals surface area contributed by atoms with Gasteiger partial charge >= 0.3 is 5.97 Å². The van der Waals surface area contributed by atoms with E-state index in [2.05, 4.69) is 4.98 Å². The first kappa shape index (κ1) is 9.92. The Hall–Kier alpha value is -1.62. The maximum Gasteiger partial charge on any atom is 0.348 e. The molecular formula is C10H9NO3S. The van der Waals surface area contributed by atoms with Crippen LogP contribution in [-0.4, -0.2) is 17.6 Å². The summed E-state index contributed by atoms with van der Waals surface area (Å²) in [5, 5.41) is 0.850. The highest BCUT2D eigenvalue weighted by molar-refractivity contribution is 7.20. The number of rotatable bonds is 2. The molecule has 0 aliphatic heterocycles. The Balaban J connectivity index is 2.47. The number of aromatic nitrogens is 1. The summed E-state index contributed by atoms with van der Waals surface area (Å²) in [6.07, 6.45) is 0. The third kappa shape index (κ3) is 1.92. The molecule has 4 nitrogen and oxygen atoms in total. The van der Waals surface area contributed by atoms with Crippen LogP contribution in [0.1, 0.15) is 16.6 Å². The van der Waals surface area contributed by atoms with Crippen LogP contribution in [0.4, 0.5) is 0 Å². The molecule has 0 spiro atoms. The number of aromatic amines is 1. The normalized spacial score (nSPS) is 10.5. The topological polar surface area (TPSA) is 59.2 Å². The summed E-state index contributed by atoms with van der Waals surface area (Å²) in [6.45, 7) is 2.11. The van der Waals surface area contributed by atoms with Gasteiger partial charge in [0.05, 0.1) is 6.61 Å². The summed E-state index contributed by atoms with van der Waals surface area (Å²) in [5.74, 6) is -0.348. The minimum atomic E-state index is -0.348. The summed E-state index contributed by atoms with van der Waals surface area (Å²) in [6, 6.07) is 4.84. The van der Waals surface area contributed by atoms with Crippen molar-refractivity contribution >= 4 is 27.5 Å². The lowest BCUT2D eigenvalue weighted by atomic mass is 10.3. The van der Waals surface area contributed by atoms with Gasteiger partial charge in [-0.05, 0) is 19.1 Å². The van der Waals surface area contributed by atoms with E-state index < -0.39 is 0 Å². The van der Waals surface area contributed by atoms with Gasteiger partial charge in [0.15, 0.2) is 0 Å². The summed E-state index contributed by atoms with van der Waals surface area (Å²) < 4.78 is 4.87. The summed E-state index contributed by atoms with van der Waals surface area (Å²) >= 11 is 1.23. The summed E-state index contributed by atoms with van der Waals surface area (Å²) in [4.78, 5) is 26.3. The van der Waals surface area contributed by atoms with Crippen molar-refractivity contribution in [1.82, 2.24) is 4.98 Å². The quantitative estimate of drug-likeness (QED) is 0.789. The minimum Gasteiger partial charge on any atom is -0.462 e. The van der Waals surface area contributed by atoms with E-state index in [1.165, 1.54) is 17.4 Å². The second kappa shape index (κ2) is 3.86. The molecule has 0 aromatic carbocycles. The number of esters is 1. The number of ether oxygens (including phenoxy) is 1. The van der Waals surface area contributed by atoms with Gasteiger partial charge in [-0.3, -0.25) is 4.79 Å². The molecule has 0 fully saturated rings. The molecule has 5 heteroatoms. The molecule has 15 heavy (non-hydrogen) atoms. The molecule has 0 amide bonds. The van der Waals surface area contributed by atoms with Gasteiger partial charge < -0.3 is 9.72 Å². The first-order valence-electron chi connectivity index (χ1n) is 4.50. The lowest BCUT2D eigenvalue weighted by Crippen LogP contribution is -2.01. The van der Waals surface area contributed by atoms with Gasteiger partial charge in [0, 0.05) is 11.5 Å². The van der Waals surface area contributed by atoms with Crippen LogP contribution in [0.2, 0.25) is 0 Å². The number of pyridine rings is 1. The van der Waals surface area contributed by atoms with Crippen molar-refractivity contribution in [3.05, 3.63) is 33.4 Å². The highest BCUT2D eigenvalue weighted by Gasteiger charge is 2.10. The van der Waals surface area contributed by atoms with Gasteiger partial charge in [-0.25, -0.2) is 4.79 Å². The van der Waals surface area contributed by atoms with Crippen molar-refractivity contribution in [1.29, 1.82) is 0 Å². The Kier molecular flexibility index (Phi) is 2.55. The fourth-order valence-corrected chi connectivity index (χ4v) is 2.19. The van der Waals surface area contributed by atoms with E-state index in [1.54, 1.807) is 19.1 Å². The van der Waals surface area contributed by atoms with Crippen LogP contribution in [0.25, 0.3) is 10.2 Å². The zero-order valence-corrected chi connectivity index (χ0v) is 8.89. The maximum absolute atomic E-state index is 11.4. The molecule has 1 N–H and O–H groups in total. The molecule has 0 radical (unpaired) electrons. The van der Waals surface area contributed by atoms with Crippen molar-refractivity contribution in [3.8, 4) is 0 Å². The number of hydrogen-bond acceptors (Lipinski definition) is 4. The number of nitrogens with one attached hydrogen (secondary N) is 1. The Morgan fingerprint density at radius 1 is 1.53 bits per heavy atom. The molecule has 2 aromatic rings. The number of thiophene rings is 1. The van der Waals surface area contributed by atoms with E-state index in [1.807, 2.05) is 0 Å². The first-order valence-corrected chi connectivity index (χ1v) is 5.32. The van der Waals surface area contributed by atoms with Crippen LogP contribution in [0.5, 0.6) is 0 Å². The highest BCUT2D eigenvalue weighted by atomic mass is 32.1. The molecule has 2 aromatic heterocycles. The minimum absolute atomic E-state index is 0.167. The third-order valence-electron chi connectivity index (χ3n) is 1.89. The Morgan fingerprint density at radius 3 is 3.07 bits per heavy atom. The lowest BCUT2D eigenvalue weighted by molar-refractivity contribution is 0.0532. The van der Waals surface area contributed by atoms with E-state index in [4.69, 9.17) is 4.74 Å². The molecule has 0 aliphatic rings. The second-order valence-corrected chi connectivity index (χ2v) is 3.99.